The van der Waals surface area contributed by atoms with Gasteiger partial charge in [-0.15, -0.1) is 0 Å². The first-order chi connectivity index (χ1) is 8.01. The number of nitrogens with one attached hydrogen (secondary N) is 1. The summed E-state index contributed by atoms with van der Waals surface area (Å²) < 4.78 is 0. The lowest BCUT2D eigenvalue weighted by Crippen LogP contribution is -2.47. The predicted octanol–water partition coefficient (Wildman–Crippen LogP) is -2.02. The molecule has 0 spiro atoms. The molecule has 17 heavy (non-hydrogen) atoms. The van der Waals surface area contributed by atoms with Crippen molar-refractivity contribution in [1.29, 1.82) is 0 Å². The molecule has 8 heteroatoms. The maximum absolute atomic E-state index is 11.4. The summed E-state index contributed by atoms with van der Waals surface area (Å²) in [5.74, 6) is -0.154. The van der Waals surface area contributed by atoms with Crippen LogP contribution in [0, 0.1) is 0 Å². The molecule has 0 radical (unpaired) electrons. The number of rotatable bonds is 8. The van der Waals surface area contributed by atoms with E-state index in [4.69, 9.17) is 17.2 Å². The van der Waals surface area contributed by atoms with Crippen molar-refractivity contribution in [2.75, 3.05) is 12.3 Å². The Bertz CT molecular complexity index is 281. The summed E-state index contributed by atoms with van der Waals surface area (Å²) in [4.78, 5) is 25.9. The van der Waals surface area contributed by atoms with Crippen LogP contribution >= 0.6 is 12.6 Å². The van der Waals surface area contributed by atoms with Crippen molar-refractivity contribution in [2.45, 2.75) is 24.9 Å². The standard InChI is InChI=1S/C9H19N5O2S/c10-7(5-17)8(16)14-6(4-15)2-1-3-13-9(11)12/h4,6-7,17H,1-3,5,10H2,(H,14,16)(H4,11,12,13)/t6-,7-/m0/s1. The van der Waals surface area contributed by atoms with E-state index >= 15 is 0 Å². The highest BCUT2D eigenvalue weighted by atomic mass is 32.1. The molecule has 0 aromatic rings. The van der Waals surface area contributed by atoms with Crippen molar-refractivity contribution >= 4 is 30.8 Å². The minimum Gasteiger partial charge on any atom is -0.370 e. The van der Waals surface area contributed by atoms with Crippen LogP contribution in [0.2, 0.25) is 0 Å². The lowest BCUT2D eigenvalue weighted by atomic mass is 10.1. The van der Waals surface area contributed by atoms with Crippen LogP contribution in [0.5, 0.6) is 0 Å². The summed E-state index contributed by atoms with van der Waals surface area (Å²) in [7, 11) is 0. The fraction of sp³-hybridized carbons (Fsp3) is 0.667. The molecule has 0 fully saturated rings. The monoisotopic (exact) mass is 261 g/mol. The third kappa shape index (κ3) is 7.58. The lowest BCUT2D eigenvalue weighted by Gasteiger charge is -2.14. The highest BCUT2D eigenvalue weighted by Crippen LogP contribution is 1.96. The van der Waals surface area contributed by atoms with Crippen LogP contribution in [0.25, 0.3) is 0 Å². The fourth-order valence-electron chi connectivity index (χ4n) is 1.07. The lowest BCUT2D eigenvalue weighted by molar-refractivity contribution is -0.124. The van der Waals surface area contributed by atoms with Gasteiger partial charge in [0.15, 0.2) is 5.96 Å². The fourth-order valence-corrected chi connectivity index (χ4v) is 1.23. The smallest absolute Gasteiger partial charge is 0.238 e. The zero-order valence-electron chi connectivity index (χ0n) is 9.50. The number of hydrogen-bond acceptors (Lipinski definition) is 5. The molecule has 0 aromatic heterocycles. The highest BCUT2D eigenvalue weighted by Gasteiger charge is 2.15. The second kappa shape index (κ2) is 8.82. The molecule has 0 aliphatic carbocycles. The van der Waals surface area contributed by atoms with E-state index in [9.17, 15) is 9.59 Å². The number of nitrogens with zero attached hydrogens (tertiary/aromatic N) is 1. The van der Waals surface area contributed by atoms with Crippen LogP contribution < -0.4 is 22.5 Å². The van der Waals surface area contributed by atoms with Crippen LogP contribution in [0.1, 0.15) is 12.8 Å². The molecule has 1 amide bonds. The van der Waals surface area contributed by atoms with Gasteiger partial charge in [-0.2, -0.15) is 12.6 Å². The minimum atomic E-state index is -0.710. The molecule has 0 saturated carbocycles. The van der Waals surface area contributed by atoms with E-state index in [1.54, 1.807) is 0 Å². The maximum Gasteiger partial charge on any atom is 0.238 e. The molecule has 0 unspecified atom stereocenters. The number of guanidine groups is 1. The Hall–Kier alpha value is -1.28. The average Bonchev–Trinajstić information content (AvgIpc) is 2.31. The molecule has 0 bridgehead atoms. The number of hydrogen-bond donors (Lipinski definition) is 5. The Kier molecular flexibility index (Phi) is 8.16. The zero-order chi connectivity index (χ0) is 13.3. The van der Waals surface area contributed by atoms with E-state index in [1.807, 2.05) is 0 Å². The maximum atomic E-state index is 11.4. The topological polar surface area (TPSA) is 137 Å². The Morgan fingerprint density at radius 3 is 2.59 bits per heavy atom. The number of carbonyl (C=O) groups is 2. The third-order valence-corrected chi connectivity index (χ3v) is 2.39. The Balaban J connectivity index is 3.96. The summed E-state index contributed by atoms with van der Waals surface area (Å²) in [6, 6.07) is -1.28. The molecule has 0 heterocycles. The molecule has 0 aromatic carbocycles. The summed E-state index contributed by atoms with van der Waals surface area (Å²) in [6.45, 7) is 0.418. The van der Waals surface area contributed by atoms with Gasteiger partial charge in [0.25, 0.3) is 0 Å². The van der Waals surface area contributed by atoms with Gasteiger partial charge in [-0.05, 0) is 12.8 Å². The van der Waals surface area contributed by atoms with Gasteiger partial charge in [-0.25, -0.2) is 0 Å². The predicted molar refractivity (Wildman–Crippen MR) is 69.7 cm³/mol. The summed E-state index contributed by atoms with van der Waals surface area (Å²) in [5, 5.41) is 2.51. The van der Waals surface area contributed by atoms with Gasteiger partial charge in [-0.3, -0.25) is 9.79 Å². The summed E-state index contributed by atoms with van der Waals surface area (Å²) >= 11 is 3.90. The van der Waals surface area contributed by atoms with E-state index in [2.05, 4.69) is 22.9 Å². The molecule has 0 rings (SSSR count). The van der Waals surface area contributed by atoms with Crippen molar-refractivity contribution in [1.82, 2.24) is 5.32 Å². The largest absolute Gasteiger partial charge is 0.370 e. The van der Waals surface area contributed by atoms with E-state index in [0.29, 0.717) is 25.7 Å². The van der Waals surface area contributed by atoms with Crippen LogP contribution in [0.4, 0.5) is 0 Å². The Morgan fingerprint density at radius 2 is 2.12 bits per heavy atom. The van der Waals surface area contributed by atoms with Gasteiger partial charge in [-0.1, -0.05) is 0 Å². The van der Waals surface area contributed by atoms with Crippen molar-refractivity contribution in [2.24, 2.45) is 22.2 Å². The van der Waals surface area contributed by atoms with E-state index < -0.39 is 12.1 Å². The van der Waals surface area contributed by atoms with Crippen LogP contribution in [0.3, 0.4) is 0 Å². The van der Waals surface area contributed by atoms with Gasteiger partial charge in [0.05, 0.1) is 12.1 Å². The number of thiol groups is 1. The van der Waals surface area contributed by atoms with Gasteiger partial charge in [0.1, 0.15) is 6.29 Å². The van der Waals surface area contributed by atoms with Crippen molar-refractivity contribution in [3.63, 3.8) is 0 Å². The number of aliphatic imine (C=N–C) groups is 1. The van der Waals surface area contributed by atoms with E-state index in [1.165, 1.54) is 0 Å². The van der Waals surface area contributed by atoms with Crippen LogP contribution in [-0.2, 0) is 9.59 Å². The van der Waals surface area contributed by atoms with Crippen LogP contribution in [0.15, 0.2) is 4.99 Å². The van der Waals surface area contributed by atoms with Crippen molar-refractivity contribution < 1.29 is 9.59 Å². The first kappa shape index (κ1) is 15.7. The van der Waals surface area contributed by atoms with Gasteiger partial charge < -0.3 is 27.3 Å². The molecule has 0 saturated heterocycles. The highest BCUT2D eigenvalue weighted by molar-refractivity contribution is 7.80. The third-order valence-electron chi connectivity index (χ3n) is 1.99. The summed E-state index contributed by atoms with van der Waals surface area (Å²) in [6.07, 6.45) is 1.72. The number of nitrogens with two attached hydrogens (primary N) is 3. The Morgan fingerprint density at radius 1 is 1.47 bits per heavy atom. The molecule has 7 nitrogen and oxygen atoms in total. The average molecular weight is 261 g/mol. The second-order valence-corrected chi connectivity index (χ2v) is 3.85. The van der Waals surface area contributed by atoms with Gasteiger partial charge in [0, 0.05) is 12.3 Å². The molecular formula is C9H19N5O2S. The molecule has 2 atom stereocenters. The first-order valence-corrected chi connectivity index (χ1v) is 5.82. The molecular weight excluding hydrogens is 242 g/mol. The SMILES string of the molecule is NC(N)=NCCC[C@@H](C=O)NC(=O)[C@@H](N)CS. The van der Waals surface area contributed by atoms with Gasteiger partial charge >= 0.3 is 0 Å². The Labute approximate surface area is 106 Å². The molecule has 7 N–H and O–H groups in total. The molecule has 0 aliphatic rings. The van der Waals surface area contributed by atoms with Crippen molar-refractivity contribution in [3.8, 4) is 0 Å². The normalized spacial score (nSPS) is 13.5. The first-order valence-electron chi connectivity index (χ1n) is 5.18. The van der Waals surface area contributed by atoms with Crippen LogP contribution in [-0.4, -0.2) is 42.5 Å². The molecule has 98 valence electrons. The van der Waals surface area contributed by atoms with Crippen molar-refractivity contribution in [3.05, 3.63) is 0 Å². The van der Waals surface area contributed by atoms with E-state index in [-0.39, 0.29) is 17.6 Å². The van der Waals surface area contributed by atoms with E-state index in [0.717, 1.165) is 0 Å². The molecule has 0 aliphatic heterocycles. The van der Waals surface area contributed by atoms with Gasteiger partial charge in [0.2, 0.25) is 5.91 Å². The zero-order valence-corrected chi connectivity index (χ0v) is 10.4. The number of amides is 1. The number of carbonyl (C=O) groups excluding carboxylic acids is 2. The minimum absolute atomic E-state index is 0.00813. The second-order valence-electron chi connectivity index (χ2n) is 3.49. The quantitative estimate of drug-likeness (QED) is 0.113. The summed E-state index contributed by atoms with van der Waals surface area (Å²) in [5.41, 5.74) is 15.7. The number of aldehydes is 1.